The predicted octanol–water partition coefficient (Wildman–Crippen LogP) is 2.29. The number of halogens is 1. The minimum absolute atomic E-state index is 0.000747. The molecule has 8 nitrogen and oxygen atoms in total. The first-order valence-electron chi connectivity index (χ1n) is 8.72. The number of pyridine rings is 1. The van der Waals surface area contributed by atoms with Crippen LogP contribution < -0.4 is 15.6 Å². The van der Waals surface area contributed by atoms with E-state index in [9.17, 15) is 18.0 Å². The molecule has 0 unspecified atom stereocenters. The smallest absolute Gasteiger partial charge is 0.267 e. The van der Waals surface area contributed by atoms with Gasteiger partial charge in [-0.15, -0.1) is 0 Å². The molecule has 0 radical (unpaired) electrons. The summed E-state index contributed by atoms with van der Waals surface area (Å²) in [6.07, 6.45) is 1.44. The van der Waals surface area contributed by atoms with E-state index in [2.05, 4.69) is 20.6 Å². The van der Waals surface area contributed by atoms with Gasteiger partial charge in [-0.3, -0.25) is 25.4 Å². The average Bonchev–Trinajstić information content (AvgIpc) is 2.77. The number of nitrogens with one attached hydrogen (secondary N) is 3. The number of carbonyl (C=O) groups is 2. The Hall–Kier alpha value is -3.27. The Labute approximate surface area is 178 Å². The van der Waals surface area contributed by atoms with Crippen molar-refractivity contribution in [3.8, 4) is 0 Å². The molecular weight excluding hydrogens is 428 g/mol. The van der Waals surface area contributed by atoms with Crippen molar-refractivity contribution >= 4 is 33.4 Å². The van der Waals surface area contributed by atoms with Crippen molar-refractivity contribution in [1.82, 2.24) is 20.6 Å². The van der Waals surface area contributed by atoms with Crippen LogP contribution in [-0.2, 0) is 16.6 Å². The first-order chi connectivity index (χ1) is 14.4. The SMILES string of the molecule is O=C(NNC(=O)c1ccccn1)c1ccc(Cl)c(S(=O)(=O)NCc2ccccc2)c1. The predicted molar refractivity (Wildman–Crippen MR) is 111 cm³/mol. The summed E-state index contributed by atoms with van der Waals surface area (Å²) in [6, 6.07) is 17.5. The number of hydrogen-bond donors (Lipinski definition) is 3. The maximum atomic E-state index is 12.6. The number of amides is 2. The number of benzene rings is 2. The van der Waals surface area contributed by atoms with Crippen LogP contribution in [0.25, 0.3) is 0 Å². The van der Waals surface area contributed by atoms with E-state index in [4.69, 9.17) is 11.6 Å². The van der Waals surface area contributed by atoms with Gasteiger partial charge in [0.15, 0.2) is 0 Å². The third-order valence-corrected chi connectivity index (χ3v) is 5.86. The van der Waals surface area contributed by atoms with Crippen LogP contribution >= 0.6 is 11.6 Å². The van der Waals surface area contributed by atoms with Gasteiger partial charge in [-0.05, 0) is 35.9 Å². The second-order valence-corrected chi connectivity index (χ2v) is 8.22. The quantitative estimate of drug-likeness (QED) is 0.504. The fourth-order valence-corrected chi connectivity index (χ4v) is 3.99. The number of hydrogen-bond acceptors (Lipinski definition) is 5. The van der Waals surface area contributed by atoms with Crippen LogP contribution in [0.3, 0.4) is 0 Å². The lowest BCUT2D eigenvalue weighted by Gasteiger charge is -2.11. The lowest BCUT2D eigenvalue weighted by atomic mass is 10.2. The van der Waals surface area contributed by atoms with Crippen LogP contribution in [0.5, 0.6) is 0 Å². The van der Waals surface area contributed by atoms with Crippen molar-refractivity contribution in [3.63, 3.8) is 0 Å². The molecule has 0 bridgehead atoms. The molecule has 0 atom stereocenters. The highest BCUT2D eigenvalue weighted by Gasteiger charge is 2.20. The van der Waals surface area contributed by atoms with Crippen molar-refractivity contribution < 1.29 is 18.0 Å². The summed E-state index contributed by atoms with van der Waals surface area (Å²) >= 11 is 6.05. The largest absolute Gasteiger partial charge is 0.288 e. The van der Waals surface area contributed by atoms with Crippen molar-refractivity contribution in [2.45, 2.75) is 11.4 Å². The van der Waals surface area contributed by atoms with E-state index in [1.807, 2.05) is 6.07 Å². The summed E-state index contributed by atoms with van der Waals surface area (Å²) in [5.74, 6) is -1.33. The Morgan fingerprint density at radius 3 is 2.30 bits per heavy atom. The number of sulfonamides is 1. The Morgan fingerprint density at radius 2 is 1.60 bits per heavy atom. The second-order valence-electron chi connectivity index (χ2n) is 6.08. The number of hydrazine groups is 1. The minimum atomic E-state index is -3.98. The molecule has 0 aliphatic heterocycles. The summed E-state index contributed by atoms with van der Waals surface area (Å²) in [6.45, 7) is 0.0655. The molecule has 30 heavy (non-hydrogen) atoms. The zero-order chi connectivity index (χ0) is 21.6. The van der Waals surface area contributed by atoms with Crippen molar-refractivity contribution in [3.05, 3.63) is 94.8 Å². The monoisotopic (exact) mass is 444 g/mol. The van der Waals surface area contributed by atoms with Crippen LogP contribution in [0.4, 0.5) is 0 Å². The van der Waals surface area contributed by atoms with Gasteiger partial charge in [0.1, 0.15) is 10.6 Å². The van der Waals surface area contributed by atoms with Crippen LogP contribution in [-0.4, -0.2) is 25.2 Å². The highest BCUT2D eigenvalue weighted by molar-refractivity contribution is 7.89. The van der Waals surface area contributed by atoms with Crippen LogP contribution in [0.1, 0.15) is 26.4 Å². The van der Waals surface area contributed by atoms with E-state index in [1.54, 1.807) is 36.4 Å². The maximum Gasteiger partial charge on any atom is 0.288 e. The molecule has 1 aromatic heterocycles. The van der Waals surface area contributed by atoms with Crippen LogP contribution in [0.2, 0.25) is 5.02 Å². The molecule has 154 valence electrons. The fourth-order valence-electron chi connectivity index (χ4n) is 2.45. The third-order valence-electron chi connectivity index (χ3n) is 3.98. The Balaban J connectivity index is 1.70. The van der Waals surface area contributed by atoms with Gasteiger partial charge in [0.25, 0.3) is 11.8 Å². The zero-order valence-electron chi connectivity index (χ0n) is 15.5. The molecule has 2 aromatic carbocycles. The first-order valence-corrected chi connectivity index (χ1v) is 10.6. The summed E-state index contributed by atoms with van der Waals surface area (Å²) < 4.78 is 27.7. The van der Waals surface area contributed by atoms with Gasteiger partial charge in [-0.25, -0.2) is 13.1 Å². The van der Waals surface area contributed by atoms with Gasteiger partial charge in [0.2, 0.25) is 10.0 Å². The van der Waals surface area contributed by atoms with E-state index < -0.39 is 21.8 Å². The molecular formula is C20H17ClN4O4S. The normalized spacial score (nSPS) is 11.0. The van der Waals surface area contributed by atoms with Gasteiger partial charge >= 0.3 is 0 Å². The molecule has 3 rings (SSSR count). The van der Waals surface area contributed by atoms with E-state index >= 15 is 0 Å². The number of nitrogens with zero attached hydrogens (tertiary/aromatic N) is 1. The lowest BCUT2D eigenvalue weighted by Crippen LogP contribution is -2.42. The zero-order valence-corrected chi connectivity index (χ0v) is 17.1. The van der Waals surface area contributed by atoms with Crippen molar-refractivity contribution in [1.29, 1.82) is 0 Å². The third kappa shape index (κ3) is 5.41. The Morgan fingerprint density at radius 1 is 0.900 bits per heavy atom. The number of carbonyl (C=O) groups excluding carboxylic acids is 2. The summed E-state index contributed by atoms with van der Waals surface area (Å²) in [7, 11) is -3.98. The van der Waals surface area contributed by atoms with E-state index in [1.165, 1.54) is 24.4 Å². The molecule has 0 saturated carbocycles. The molecule has 3 N–H and O–H groups in total. The van der Waals surface area contributed by atoms with Gasteiger partial charge in [-0.1, -0.05) is 48.0 Å². The topological polar surface area (TPSA) is 117 Å². The summed E-state index contributed by atoms with van der Waals surface area (Å²) in [5.41, 5.74) is 5.31. The van der Waals surface area contributed by atoms with Crippen LogP contribution in [0.15, 0.2) is 77.8 Å². The van der Waals surface area contributed by atoms with E-state index in [0.717, 1.165) is 11.6 Å². The van der Waals surface area contributed by atoms with Gasteiger partial charge < -0.3 is 0 Å². The molecule has 3 aromatic rings. The van der Waals surface area contributed by atoms with Crippen molar-refractivity contribution in [2.75, 3.05) is 0 Å². The molecule has 0 spiro atoms. The molecule has 1 heterocycles. The average molecular weight is 445 g/mol. The highest BCUT2D eigenvalue weighted by Crippen LogP contribution is 2.23. The molecule has 0 saturated heterocycles. The lowest BCUT2D eigenvalue weighted by molar-refractivity contribution is 0.0844. The highest BCUT2D eigenvalue weighted by atomic mass is 35.5. The maximum absolute atomic E-state index is 12.6. The molecule has 0 fully saturated rings. The summed E-state index contributed by atoms with van der Waals surface area (Å²) in [4.78, 5) is 27.9. The van der Waals surface area contributed by atoms with Gasteiger partial charge in [0, 0.05) is 18.3 Å². The second kappa shape index (κ2) is 9.49. The molecule has 10 heteroatoms. The molecule has 0 aliphatic rings. The number of rotatable bonds is 6. The van der Waals surface area contributed by atoms with Gasteiger partial charge in [0.05, 0.1) is 5.02 Å². The minimum Gasteiger partial charge on any atom is -0.267 e. The fraction of sp³-hybridized carbons (Fsp3) is 0.0500. The molecule has 0 aliphatic carbocycles. The molecule has 2 amide bonds. The van der Waals surface area contributed by atoms with Crippen LogP contribution in [0, 0.1) is 0 Å². The first kappa shape index (κ1) is 21.4. The Kier molecular flexibility index (Phi) is 6.78. The van der Waals surface area contributed by atoms with Gasteiger partial charge in [-0.2, -0.15) is 0 Å². The Bertz CT molecular complexity index is 1160. The van der Waals surface area contributed by atoms with E-state index in [0.29, 0.717) is 0 Å². The van der Waals surface area contributed by atoms with Crippen molar-refractivity contribution in [2.24, 2.45) is 0 Å². The number of aromatic nitrogens is 1. The summed E-state index contributed by atoms with van der Waals surface area (Å²) in [5, 5.41) is -0.0374. The van der Waals surface area contributed by atoms with E-state index in [-0.39, 0.29) is 27.7 Å². The standard InChI is InChI=1S/C20H17ClN4O4S/c21-16-10-9-15(19(26)24-25-20(27)17-8-4-5-11-22-17)12-18(16)30(28,29)23-13-14-6-2-1-3-7-14/h1-12,23H,13H2,(H,24,26)(H,25,27).